The van der Waals surface area contributed by atoms with Crippen LogP contribution < -0.4 is 5.32 Å². The van der Waals surface area contributed by atoms with E-state index in [2.05, 4.69) is 5.32 Å². The minimum atomic E-state index is -0.302. The molecule has 0 aromatic heterocycles. The van der Waals surface area contributed by atoms with Gasteiger partial charge in [0, 0.05) is 5.92 Å². The monoisotopic (exact) mass is 221 g/mol. The predicted octanol–water partition coefficient (Wildman–Crippen LogP) is 2.59. The first-order chi connectivity index (χ1) is 7.53. The van der Waals surface area contributed by atoms with Crippen LogP contribution in [-0.2, 0) is 10.3 Å². The van der Waals surface area contributed by atoms with Gasteiger partial charge in [-0.15, -0.1) is 0 Å². The number of halogens is 1. The number of hydrogen-bond donors (Lipinski definition) is 1. The lowest BCUT2D eigenvalue weighted by Gasteiger charge is -2.19. The standard InChI is InChI=1S/C13H16FNO/c1-9(2)12(16)15-13(6-7-13)10-4-3-5-11(14)8-10/h3-5,8-9H,6-7H2,1-2H3,(H,15,16). The summed E-state index contributed by atoms with van der Waals surface area (Å²) in [4.78, 5) is 11.7. The Hall–Kier alpha value is -1.38. The van der Waals surface area contributed by atoms with Gasteiger partial charge in [0.1, 0.15) is 5.82 Å². The number of hydrogen-bond acceptors (Lipinski definition) is 1. The van der Waals surface area contributed by atoms with Crippen molar-refractivity contribution in [3.05, 3.63) is 35.6 Å². The van der Waals surface area contributed by atoms with Gasteiger partial charge in [-0.3, -0.25) is 4.79 Å². The SMILES string of the molecule is CC(C)C(=O)NC1(c2cccc(F)c2)CC1. The molecule has 16 heavy (non-hydrogen) atoms. The topological polar surface area (TPSA) is 29.1 Å². The average Bonchev–Trinajstić information content (AvgIpc) is 2.99. The van der Waals surface area contributed by atoms with Crippen LogP contribution >= 0.6 is 0 Å². The molecule has 0 heterocycles. The number of carbonyl (C=O) groups is 1. The second-order valence-electron chi connectivity index (χ2n) is 4.74. The quantitative estimate of drug-likeness (QED) is 0.835. The van der Waals surface area contributed by atoms with Crippen molar-refractivity contribution in [2.45, 2.75) is 32.2 Å². The highest BCUT2D eigenvalue weighted by Crippen LogP contribution is 2.45. The number of amides is 1. The van der Waals surface area contributed by atoms with E-state index < -0.39 is 0 Å². The zero-order chi connectivity index (χ0) is 11.8. The molecule has 1 N–H and O–H groups in total. The van der Waals surface area contributed by atoms with Gasteiger partial charge >= 0.3 is 0 Å². The molecule has 86 valence electrons. The van der Waals surface area contributed by atoms with Gasteiger partial charge in [0.25, 0.3) is 0 Å². The van der Waals surface area contributed by atoms with E-state index in [1.165, 1.54) is 12.1 Å². The molecule has 1 aromatic carbocycles. The molecular formula is C13H16FNO. The molecule has 2 rings (SSSR count). The van der Waals surface area contributed by atoms with Crippen molar-refractivity contribution in [3.63, 3.8) is 0 Å². The third-order valence-electron chi connectivity index (χ3n) is 3.01. The minimum absolute atomic E-state index is 0.0294. The van der Waals surface area contributed by atoms with Crippen LogP contribution in [0.4, 0.5) is 4.39 Å². The summed E-state index contributed by atoms with van der Waals surface area (Å²) >= 11 is 0. The van der Waals surface area contributed by atoms with Gasteiger partial charge in [-0.05, 0) is 30.5 Å². The van der Waals surface area contributed by atoms with Crippen LogP contribution in [-0.4, -0.2) is 5.91 Å². The fraction of sp³-hybridized carbons (Fsp3) is 0.462. The largest absolute Gasteiger partial charge is 0.346 e. The summed E-state index contributed by atoms with van der Waals surface area (Å²) < 4.78 is 13.1. The molecular weight excluding hydrogens is 205 g/mol. The highest BCUT2D eigenvalue weighted by Gasteiger charge is 2.45. The van der Waals surface area contributed by atoms with Gasteiger partial charge in [-0.1, -0.05) is 26.0 Å². The Morgan fingerprint density at radius 3 is 2.62 bits per heavy atom. The normalized spacial score (nSPS) is 17.2. The molecule has 3 heteroatoms. The Morgan fingerprint density at radius 1 is 1.44 bits per heavy atom. The lowest BCUT2D eigenvalue weighted by atomic mass is 10.0. The summed E-state index contributed by atoms with van der Waals surface area (Å²) in [5.74, 6) is -0.254. The fourth-order valence-corrected chi connectivity index (χ4v) is 1.78. The zero-order valence-electron chi connectivity index (χ0n) is 9.59. The van der Waals surface area contributed by atoms with Crippen molar-refractivity contribution in [1.29, 1.82) is 0 Å². The summed E-state index contributed by atoms with van der Waals surface area (Å²) in [6.45, 7) is 3.72. The van der Waals surface area contributed by atoms with E-state index in [0.717, 1.165) is 18.4 Å². The third-order valence-corrected chi connectivity index (χ3v) is 3.01. The summed E-state index contributed by atoms with van der Waals surface area (Å²) in [5, 5.41) is 3.00. The number of rotatable bonds is 3. The maximum Gasteiger partial charge on any atom is 0.223 e. The Labute approximate surface area is 94.9 Å². The van der Waals surface area contributed by atoms with Crippen molar-refractivity contribution in [3.8, 4) is 0 Å². The van der Waals surface area contributed by atoms with Crippen LogP contribution in [0.1, 0.15) is 32.3 Å². The molecule has 1 aromatic rings. The van der Waals surface area contributed by atoms with E-state index in [0.29, 0.717) is 0 Å². The van der Waals surface area contributed by atoms with Gasteiger partial charge < -0.3 is 5.32 Å². The molecule has 1 aliphatic rings. The molecule has 0 unspecified atom stereocenters. The van der Waals surface area contributed by atoms with Crippen molar-refractivity contribution in [1.82, 2.24) is 5.32 Å². The second kappa shape index (κ2) is 3.89. The van der Waals surface area contributed by atoms with E-state index in [9.17, 15) is 9.18 Å². The van der Waals surface area contributed by atoms with Gasteiger partial charge in [-0.25, -0.2) is 4.39 Å². The van der Waals surface area contributed by atoms with Crippen LogP contribution in [0.2, 0.25) is 0 Å². The average molecular weight is 221 g/mol. The van der Waals surface area contributed by atoms with E-state index in [1.54, 1.807) is 6.07 Å². The van der Waals surface area contributed by atoms with E-state index in [4.69, 9.17) is 0 Å². The first kappa shape index (κ1) is 11.1. The maximum absolute atomic E-state index is 13.1. The third kappa shape index (κ3) is 2.08. The van der Waals surface area contributed by atoms with Crippen LogP contribution in [0, 0.1) is 11.7 Å². The highest BCUT2D eigenvalue weighted by molar-refractivity contribution is 5.79. The fourth-order valence-electron chi connectivity index (χ4n) is 1.78. The smallest absolute Gasteiger partial charge is 0.223 e. The number of nitrogens with one attached hydrogen (secondary N) is 1. The van der Waals surface area contributed by atoms with Crippen molar-refractivity contribution in [2.24, 2.45) is 5.92 Å². The summed E-state index contributed by atoms with van der Waals surface area (Å²) in [5.41, 5.74) is 0.574. The molecule has 0 radical (unpaired) electrons. The Balaban J connectivity index is 2.17. The second-order valence-corrected chi connectivity index (χ2v) is 4.74. The molecule has 2 nitrogen and oxygen atoms in total. The highest BCUT2D eigenvalue weighted by atomic mass is 19.1. The molecule has 0 saturated heterocycles. The van der Waals surface area contributed by atoms with Crippen LogP contribution in [0.15, 0.2) is 24.3 Å². The van der Waals surface area contributed by atoms with Gasteiger partial charge in [0.2, 0.25) is 5.91 Å². The summed E-state index contributed by atoms with van der Waals surface area (Å²) in [6.07, 6.45) is 1.80. The molecule has 1 amide bonds. The Kier molecular flexibility index (Phi) is 2.70. The molecule has 0 bridgehead atoms. The minimum Gasteiger partial charge on any atom is -0.346 e. The van der Waals surface area contributed by atoms with Crippen molar-refractivity contribution >= 4 is 5.91 Å². The van der Waals surface area contributed by atoms with E-state index in [1.807, 2.05) is 19.9 Å². The van der Waals surface area contributed by atoms with Gasteiger partial charge in [0.05, 0.1) is 5.54 Å². The van der Waals surface area contributed by atoms with Crippen molar-refractivity contribution in [2.75, 3.05) is 0 Å². The molecule has 1 aliphatic carbocycles. The van der Waals surface area contributed by atoms with Crippen LogP contribution in [0.3, 0.4) is 0 Å². The molecule has 0 atom stereocenters. The Bertz CT molecular complexity index is 410. The van der Waals surface area contributed by atoms with E-state index >= 15 is 0 Å². The Morgan fingerprint density at radius 2 is 2.12 bits per heavy atom. The molecule has 0 spiro atoms. The summed E-state index contributed by atoms with van der Waals surface area (Å²) in [7, 11) is 0. The predicted molar refractivity (Wildman–Crippen MR) is 60.3 cm³/mol. The zero-order valence-corrected chi connectivity index (χ0v) is 9.59. The molecule has 1 fully saturated rings. The lowest BCUT2D eigenvalue weighted by Crippen LogP contribution is -2.37. The maximum atomic E-state index is 13.1. The lowest BCUT2D eigenvalue weighted by molar-refractivity contribution is -0.125. The summed E-state index contributed by atoms with van der Waals surface area (Å²) in [6, 6.07) is 6.49. The first-order valence-electron chi connectivity index (χ1n) is 5.61. The van der Waals surface area contributed by atoms with Gasteiger partial charge in [0.15, 0.2) is 0 Å². The molecule has 0 aliphatic heterocycles. The number of benzene rings is 1. The number of carbonyl (C=O) groups excluding carboxylic acids is 1. The van der Waals surface area contributed by atoms with Crippen LogP contribution in [0.5, 0.6) is 0 Å². The van der Waals surface area contributed by atoms with Gasteiger partial charge in [-0.2, -0.15) is 0 Å². The molecule has 1 saturated carbocycles. The van der Waals surface area contributed by atoms with Crippen LogP contribution in [0.25, 0.3) is 0 Å². The van der Waals surface area contributed by atoms with E-state index in [-0.39, 0.29) is 23.2 Å². The first-order valence-corrected chi connectivity index (χ1v) is 5.61. The van der Waals surface area contributed by atoms with Crippen molar-refractivity contribution < 1.29 is 9.18 Å².